The summed E-state index contributed by atoms with van der Waals surface area (Å²) in [4.78, 5) is 14.2. The van der Waals surface area contributed by atoms with E-state index in [1.165, 1.54) is 16.7 Å². The van der Waals surface area contributed by atoms with E-state index in [0.29, 0.717) is 13.1 Å². The lowest BCUT2D eigenvalue weighted by atomic mass is 9.99. The lowest BCUT2D eigenvalue weighted by Gasteiger charge is -2.31. The first kappa shape index (κ1) is 17.9. The van der Waals surface area contributed by atoms with Crippen LogP contribution in [0.15, 0.2) is 42.5 Å². The van der Waals surface area contributed by atoms with E-state index in [1.54, 1.807) is 0 Å². The highest BCUT2D eigenvalue weighted by Gasteiger charge is 2.22. The maximum atomic E-state index is 12.4. The molecule has 1 unspecified atom stereocenters. The van der Waals surface area contributed by atoms with Crippen LogP contribution in [0.25, 0.3) is 11.1 Å². The monoisotopic (exact) mass is 366 g/mol. The third-order valence-electron chi connectivity index (χ3n) is 5.48. The molecule has 2 aromatic rings. The Balaban J connectivity index is 1.35. The number of benzene rings is 2. The van der Waals surface area contributed by atoms with E-state index in [9.17, 15) is 9.90 Å². The molecule has 0 radical (unpaired) electrons. The number of nitrogens with one attached hydrogen (secondary N) is 1. The van der Waals surface area contributed by atoms with Crippen molar-refractivity contribution in [3.05, 3.63) is 53.6 Å². The van der Waals surface area contributed by atoms with Gasteiger partial charge in [0.2, 0.25) is 0 Å². The average molecular weight is 366 g/mol. The third kappa shape index (κ3) is 4.08. The molecule has 2 amide bonds. The molecule has 2 heterocycles. The maximum absolute atomic E-state index is 12.4. The summed E-state index contributed by atoms with van der Waals surface area (Å²) in [6.45, 7) is 2.84. The van der Waals surface area contributed by atoms with Gasteiger partial charge in [0.05, 0.1) is 6.61 Å². The highest BCUT2D eigenvalue weighted by molar-refractivity contribution is 5.74. The fourth-order valence-electron chi connectivity index (χ4n) is 3.87. The lowest BCUT2D eigenvalue weighted by molar-refractivity contribution is 0.129. The molecular formula is C22H26N2O3. The summed E-state index contributed by atoms with van der Waals surface area (Å²) in [5, 5.41) is 12.3. The van der Waals surface area contributed by atoms with E-state index < -0.39 is 0 Å². The highest BCUT2D eigenvalue weighted by atomic mass is 16.5. The van der Waals surface area contributed by atoms with Gasteiger partial charge in [-0.25, -0.2) is 4.79 Å². The van der Waals surface area contributed by atoms with Crippen LogP contribution in [0.4, 0.5) is 4.79 Å². The third-order valence-corrected chi connectivity index (χ3v) is 5.48. The first-order valence-electron chi connectivity index (χ1n) is 9.71. The smallest absolute Gasteiger partial charge is 0.317 e. The molecule has 0 aliphatic carbocycles. The Morgan fingerprint density at radius 1 is 1.19 bits per heavy atom. The van der Waals surface area contributed by atoms with Gasteiger partial charge >= 0.3 is 6.03 Å². The van der Waals surface area contributed by atoms with E-state index in [-0.39, 0.29) is 18.6 Å². The first-order chi connectivity index (χ1) is 13.2. The number of likely N-dealkylation sites (tertiary alicyclic amines) is 1. The van der Waals surface area contributed by atoms with E-state index in [4.69, 9.17) is 4.74 Å². The van der Waals surface area contributed by atoms with Crippen molar-refractivity contribution in [2.75, 3.05) is 26.3 Å². The Morgan fingerprint density at radius 3 is 2.81 bits per heavy atom. The van der Waals surface area contributed by atoms with Crippen molar-refractivity contribution < 1.29 is 14.6 Å². The van der Waals surface area contributed by atoms with Crippen LogP contribution in [0.5, 0.6) is 5.75 Å². The SMILES string of the molecule is O=C(NCc1ccc(-c2ccc3c(c2)CCO3)cc1)N1CCCC(CO)C1. The average Bonchev–Trinajstić information content (AvgIpc) is 3.20. The molecule has 2 aliphatic rings. The number of aliphatic hydroxyl groups is 1. The minimum Gasteiger partial charge on any atom is -0.493 e. The van der Waals surface area contributed by atoms with Gasteiger partial charge < -0.3 is 20.1 Å². The molecular weight excluding hydrogens is 340 g/mol. The minimum atomic E-state index is -0.0455. The van der Waals surface area contributed by atoms with Gasteiger partial charge in [0.1, 0.15) is 5.75 Å². The molecule has 0 aromatic heterocycles. The number of nitrogens with zero attached hydrogens (tertiary/aromatic N) is 1. The number of piperidine rings is 1. The molecule has 1 saturated heterocycles. The normalized spacial score (nSPS) is 18.7. The van der Waals surface area contributed by atoms with E-state index >= 15 is 0 Å². The van der Waals surface area contributed by atoms with Crippen molar-refractivity contribution in [2.45, 2.75) is 25.8 Å². The van der Waals surface area contributed by atoms with Crippen molar-refractivity contribution in [2.24, 2.45) is 5.92 Å². The number of aliphatic hydroxyl groups excluding tert-OH is 1. The minimum absolute atomic E-state index is 0.0455. The molecule has 5 nitrogen and oxygen atoms in total. The van der Waals surface area contributed by atoms with Gasteiger partial charge in [-0.1, -0.05) is 30.3 Å². The number of hydrogen-bond donors (Lipinski definition) is 2. The molecule has 2 aromatic carbocycles. The molecule has 0 spiro atoms. The number of fused-ring (bicyclic) bond motifs is 1. The topological polar surface area (TPSA) is 61.8 Å². The molecule has 1 atom stereocenters. The summed E-state index contributed by atoms with van der Waals surface area (Å²) in [7, 11) is 0. The molecule has 5 heteroatoms. The summed E-state index contributed by atoms with van der Waals surface area (Å²) in [6.07, 6.45) is 2.93. The number of carbonyl (C=O) groups excluding carboxylic acids is 1. The fraction of sp³-hybridized carbons (Fsp3) is 0.409. The Bertz CT molecular complexity index is 804. The van der Waals surface area contributed by atoms with Crippen molar-refractivity contribution in [1.29, 1.82) is 0 Å². The standard InChI is InChI=1S/C22H26N2O3/c25-15-17-2-1-10-24(14-17)22(26)23-13-16-3-5-18(6-4-16)19-7-8-21-20(12-19)9-11-27-21/h3-8,12,17,25H,1-2,9-11,13-15H2,(H,23,26). The number of hydrogen-bond acceptors (Lipinski definition) is 3. The molecule has 27 heavy (non-hydrogen) atoms. The fourth-order valence-corrected chi connectivity index (χ4v) is 3.87. The van der Waals surface area contributed by atoms with Crippen LogP contribution in [-0.2, 0) is 13.0 Å². The number of ether oxygens (including phenoxy) is 1. The predicted molar refractivity (Wildman–Crippen MR) is 105 cm³/mol. The number of carbonyl (C=O) groups is 1. The largest absolute Gasteiger partial charge is 0.493 e. The van der Waals surface area contributed by atoms with Crippen LogP contribution < -0.4 is 10.1 Å². The molecule has 0 bridgehead atoms. The zero-order valence-corrected chi connectivity index (χ0v) is 15.5. The van der Waals surface area contributed by atoms with Gasteiger partial charge in [-0.15, -0.1) is 0 Å². The van der Waals surface area contributed by atoms with Gasteiger partial charge in [-0.05, 0) is 53.1 Å². The molecule has 4 rings (SSSR count). The van der Waals surface area contributed by atoms with Crippen LogP contribution in [-0.4, -0.2) is 42.3 Å². The molecule has 2 aliphatic heterocycles. The summed E-state index contributed by atoms with van der Waals surface area (Å²) in [5.74, 6) is 1.21. The molecule has 2 N–H and O–H groups in total. The highest BCUT2D eigenvalue weighted by Crippen LogP contribution is 2.30. The lowest BCUT2D eigenvalue weighted by Crippen LogP contribution is -2.45. The van der Waals surface area contributed by atoms with Gasteiger partial charge in [0, 0.05) is 32.7 Å². The van der Waals surface area contributed by atoms with Crippen LogP contribution in [0.1, 0.15) is 24.0 Å². The van der Waals surface area contributed by atoms with Crippen LogP contribution in [0.3, 0.4) is 0 Å². The number of amides is 2. The maximum Gasteiger partial charge on any atom is 0.317 e. The van der Waals surface area contributed by atoms with E-state index in [2.05, 4.69) is 41.7 Å². The quantitative estimate of drug-likeness (QED) is 0.873. The first-order valence-corrected chi connectivity index (χ1v) is 9.71. The zero-order valence-electron chi connectivity index (χ0n) is 15.5. The molecule has 142 valence electrons. The van der Waals surface area contributed by atoms with E-state index in [0.717, 1.165) is 43.7 Å². The Hall–Kier alpha value is -2.53. The summed E-state index contributed by atoms with van der Waals surface area (Å²) in [6, 6.07) is 14.6. The summed E-state index contributed by atoms with van der Waals surface area (Å²) in [5.41, 5.74) is 4.71. The summed E-state index contributed by atoms with van der Waals surface area (Å²) >= 11 is 0. The second-order valence-corrected chi connectivity index (χ2v) is 7.41. The van der Waals surface area contributed by atoms with Gasteiger partial charge in [0.25, 0.3) is 0 Å². The zero-order chi connectivity index (χ0) is 18.6. The Kier molecular flexibility index (Phi) is 5.30. The van der Waals surface area contributed by atoms with Gasteiger partial charge in [-0.2, -0.15) is 0 Å². The predicted octanol–water partition coefficient (Wildman–Crippen LogP) is 3.20. The van der Waals surface area contributed by atoms with Crippen molar-refractivity contribution in [3.8, 4) is 16.9 Å². The second kappa shape index (κ2) is 8.01. The van der Waals surface area contributed by atoms with Crippen molar-refractivity contribution >= 4 is 6.03 Å². The number of rotatable bonds is 4. The van der Waals surface area contributed by atoms with Crippen molar-refractivity contribution in [3.63, 3.8) is 0 Å². The van der Waals surface area contributed by atoms with Crippen LogP contribution in [0, 0.1) is 5.92 Å². The Labute approximate surface area is 160 Å². The van der Waals surface area contributed by atoms with Gasteiger partial charge in [0.15, 0.2) is 0 Å². The molecule has 0 saturated carbocycles. The number of urea groups is 1. The van der Waals surface area contributed by atoms with Crippen LogP contribution >= 0.6 is 0 Å². The second-order valence-electron chi connectivity index (χ2n) is 7.41. The van der Waals surface area contributed by atoms with Crippen LogP contribution in [0.2, 0.25) is 0 Å². The van der Waals surface area contributed by atoms with Crippen molar-refractivity contribution in [1.82, 2.24) is 10.2 Å². The van der Waals surface area contributed by atoms with Gasteiger partial charge in [-0.3, -0.25) is 0 Å². The van der Waals surface area contributed by atoms with E-state index in [1.807, 2.05) is 11.0 Å². The molecule has 1 fully saturated rings. The Morgan fingerprint density at radius 2 is 2.00 bits per heavy atom. The summed E-state index contributed by atoms with van der Waals surface area (Å²) < 4.78 is 5.57.